The number of halogens is 1. The van der Waals surface area contributed by atoms with Crippen LogP contribution in [0.2, 0.25) is 0 Å². The van der Waals surface area contributed by atoms with Gasteiger partial charge in [0.1, 0.15) is 0 Å². The van der Waals surface area contributed by atoms with Gasteiger partial charge in [-0.15, -0.1) is 0 Å². The van der Waals surface area contributed by atoms with Crippen LogP contribution in [0.4, 0.5) is 0 Å². The molecule has 84 valence electrons. The Balaban J connectivity index is 2.08. The molecule has 0 aliphatic carbocycles. The highest BCUT2D eigenvalue weighted by Crippen LogP contribution is 2.15. The van der Waals surface area contributed by atoms with Gasteiger partial charge in [-0.25, -0.2) is 0 Å². The Morgan fingerprint density at radius 3 is 2.81 bits per heavy atom. The number of hydrogen-bond donors (Lipinski definition) is 1. The number of pyridine rings is 1. The number of rotatable bonds is 3. The summed E-state index contributed by atoms with van der Waals surface area (Å²) < 4.78 is 2.73. The monoisotopic (exact) mass is 280 g/mol. The molecule has 0 bridgehead atoms. The Kier molecular flexibility index (Phi) is 3.36. The van der Waals surface area contributed by atoms with Crippen LogP contribution < -0.4 is 5.73 Å². The van der Waals surface area contributed by atoms with Gasteiger partial charge >= 0.3 is 0 Å². The van der Waals surface area contributed by atoms with Crippen LogP contribution in [0.5, 0.6) is 0 Å². The molecule has 0 amide bonds. The van der Waals surface area contributed by atoms with Gasteiger partial charge in [0, 0.05) is 30.3 Å². The lowest BCUT2D eigenvalue weighted by Gasteiger charge is -2.08. The lowest BCUT2D eigenvalue weighted by molar-refractivity contribution is 0.660. The van der Waals surface area contributed by atoms with E-state index >= 15 is 0 Å². The Bertz CT molecular complexity index is 463. The summed E-state index contributed by atoms with van der Waals surface area (Å²) in [7, 11) is 1.90. The van der Waals surface area contributed by atoms with Crippen LogP contribution in [0.25, 0.3) is 0 Å². The summed E-state index contributed by atoms with van der Waals surface area (Å²) in [5, 5.41) is 4.29. The zero-order valence-electron chi connectivity index (χ0n) is 8.97. The van der Waals surface area contributed by atoms with Crippen molar-refractivity contribution < 1.29 is 0 Å². The number of aryl methyl sites for hydroxylation is 1. The van der Waals surface area contributed by atoms with Crippen molar-refractivity contribution in [2.75, 3.05) is 0 Å². The summed E-state index contributed by atoms with van der Waals surface area (Å²) in [5.41, 5.74) is 7.93. The van der Waals surface area contributed by atoms with E-state index in [-0.39, 0.29) is 6.04 Å². The van der Waals surface area contributed by atoms with Crippen molar-refractivity contribution in [1.82, 2.24) is 14.8 Å². The van der Waals surface area contributed by atoms with Gasteiger partial charge in [-0.05, 0) is 34.1 Å². The third kappa shape index (κ3) is 2.68. The lowest BCUT2D eigenvalue weighted by atomic mass is 10.1. The quantitative estimate of drug-likeness (QED) is 0.933. The summed E-state index contributed by atoms with van der Waals surface area (Å²) in [6.45, 7) is 0. The highest BCUT2D eigenvalue weighted by molar-refractivity contribution is 9.10. The van der Waals surface area contributed by atoms with Crippen LogP contribution in [0.3, 0.4) is 0 Å². The van der Waals surface area contributed by atoms with Crippen molar-refractivity contribution in [2.24, 2.45) is 12.8 Å². The smallest absolute Gasteiger partial charge is 0.0643 e. The molecule has 0 radical (unpaired) electrons. The predicted molar refractivity (Wildman–Crippen MR) is 65.8 cm³/mol. The fraction of sp³-hybridized carbons (Fsp3) is 0.273. The average Bonchev–Trinajstić information content (AvgIpc) is 2.65. The second kappa shape index (κ2) is 4.76. The first kappa shape index (κ1) is 11.3. The van der Waals surface area contributed by atoms with E-state index in [1.807, 2.05) is 31.4 Å². The highest BCUT2D eigenvalue weighted by Gasteiger charge is 2.09. The van der Waals surface area contributed by atoms with Crippen molar-refractivity contribution in [3.8, 4) is 0 Å². The normalized spacial score (nSPS) is 12.7. The lowest BCUT2D eigenvalue weighted by Crippen LogP contribution is -2.15. The van der Waals surface area contributed by atoms with Gasteiger partial charge < -0.3 is 5.73 Å². The molecule has 16 heavy (non-hydrogen) atoms. The van der Waals surface area contributed by atoms with Crippen molar-refractivity contribution in [3.63, 3.8) is 0 Å². The van der Waals surface area contributed by atoms with Crippen molar-refractivity contribution in [1.29, 1.82) is 0 Å². The van der Waals surface area contributed by atoms with Crippen LogP contribution in [-0.2, 0) is 13.5 Å². The van der Waals surface area contributed by atoms with Crippen LogP contribution in [0.1, 0.15) is 17.4 Å². The van der Waals surface area contributed by atoms with Crippen LogP contribution in [0, 0.1) is 0 Å². The van der Waals surface area contributed by atoms with Crippen LogP contribution in [-0.4, -0.2) is 14.8 Å². The number of nitrogens with two attached hydrogens (primary N) is 1. The molecular formula is C11H13BrN4. The first-order valence-electron chi connectivity index (χ1n) is 5.00. The first-order chi connectivity index (χ1) is 7.65. The Hall–Kier alpha value is -1.20. The molecule has 0 fully saturated rings. The van der Waals surface area contributed by atoms with Crippen molar-refractivity contribution in [2.45, 2.75) is 12.5 Å². The molecule has 4 nitrogen and oxygen atoms in total. The largest absolute Gasteiger partial charge is 0.322 e. The standard InChI is InChI=1S/C11H13BrN4/c1-16-5-4-9(15-16)6-10(13)11-3-2-8(12)7-14-11/h2-5,7,10H,6,13H2,1H3. The highest BCUT2D eigenvalue weighted by atomic mass is 79.9. The van der Waals surface area contributed by atoms with E-state index in [1.54, 1.807) is 10.9 Å². The van der Waals surface area contributed by atoms with E-state index in [4.69, 9.17) is 5.73 Å². The molecule has 0 saturated carbocycles. The van der Waals surface area contributed by atoms with Gasteiger partial charge in [0.2, 0.25) is 0 Å². The number of nitrogens with zero attached hydrogens (tertiary/aromatic N) is 3. The fourth-order valence-electron chi connectivity index (χ4n) is 1.51. The maximum Gasteiger partial charge on any atom is 0.0643 e. The fourth-order valence-corrected chi connectivity index (χ4v) is 1.74. The maximum atomic E-state index is 6.06. The zero-order valence-corrected chi connectivity index (χ0v) is 10.6. The number of aromatic nitrogens is 3. The van der Waals surface area contributed by atoms with Gasteiger partial charge in [-0.2, -0.15) is 5.10 Å². The van der Waals surface area contributed by atoms with Crippen LogP contribution >= 0.6 is 15.9 Å². The summed E-state index contributed by atoms with van der Waals surface area (Å²) in [4.78, 5) is 4.27. The minimum Gasteiger partial charge on any atom is -0.322 e. The third-order valence-electron chi connectivity index (χ3n) is 2.33. The molecule has 0 aliphatic rings. The van der Waals surface area contributed by atoms with Gasteiger partial charge in [0.15, 0.2) is 0 Å². The molecule has 2 N–H and O–H groups in total. The van der Waals surface area contributed by atoms with E-state index < -0.39 is 0 Å². The molecule has 5 heteroatoms. The molecule has 1 unspecified atom stereocenters. The molecule has 0 aromatic carbocycles. The Labute approximate surface area is 103 Å². The predicted octanol–water partition coefficient (Wildman–Crippen LogP) is 1.82. The van der Waals surface area contributed by atoms with Crippen LogP contribution in [0.15, 0.2) is 35.1 Å². The second-order valence-electron chi connectivity index (χ2n) is 3.69. The van der Waals surface area contributed by atoms with E-state index in [2.05, 4.69) is 26.0 Å². The topological polar surface area (TPSA) is 56.7 Å². The van der Waals surface area contributed by atoms with Gasteiger partial charge in [0.25, 0.3) is 0 Å². The van der Waals surface area contributed by atoms with Crippen molar-refractivity contribution >= 4 is 15.9 Å². The maximum absolute atomic E-state index is 6.06. The first-order valence-corrected chi connectivity index (χ1v) is 5.80. The second-order valence-corrected chi connectivity index (χ2v) is 4.61. The average molecular weight is 281 g/mol. The minimum absolute atomic E-state index is 0.108. The van der Waals surface area contributed by atoms with E-state index in [1.165, 1.54) is 0 Å². The Morgan fingerprint density at radius 1 is 1.44 bits per heavy atom. The number of hydrogen-bond acceptors (Lipinski definition) is 3. The molecule has 2 aromatic rings. The summed E-state index contributed by atoms with van der Waals surface area (Å²) in [5.74, 6) is 0. The Morgan fingerprint density at radius 2 is 2.25 bits per heavy atom. The van der Waals surface area contributed by atoms with E-state index in [0.29, 0.717) is 6.42 Å². The molecule has 0 saturated heterocycles. The summed E-state index contributed by atoms with van der Waals surface area (Å²) in [6.07, 6.45) is 4.38. The van der Waals surface area contributed by atoms with E-state index in [0.717, 1.165) is 15.9 Å². The molecule has 2 rings (SSSR count). The van der Waals surface area contributed by atoms with Gasteiger partial charge in [-0.1, -0.05) is 0 Å². The molecule has 2 heterocycles. The third-order valence-corrected chi connectivity index (χ3v) is 2.80. The van der Waals surface area contributed by atoms with Gasteiger partial charge in [0.05, 0.1) is 17.4 Å². The minimum atomic E-state index is -0.108. The molecule has 2 aromatic heterocycles. The summed E-state index contributed by atoms with van der Waals surface area (Å²) in [6, 6.07) is 5.74. The molecule has 1 atom stereocenters. The summed E-state index contributed by atoms with van der Waals surface area (Å²) >= 11 is 3.35. The zero-order chi connectivity index (χ0) is 11.5. The SMILES string of the molecule is Cn1ccc(CC(N)c2ccc(Br)cn2)n1. The molecule has 0 spiro atoms. The van der Waals surface area contributed by atoms with E-state index in [9.17, 15) is 0 Å². The molecular weight excluding hydrogens is 268 g/mol. The molecule has 0 aliphatic heterocycles. The van der Waals surface area contributed by atoms with Crippen molar-refractivity contribution in [3.05, 3.63) is 46.5 Å². The van der Waals surface area contributed by atoms with Gasteiger partial charge in [-0.3, -0.25) is 9.67 Å².